The summed E-state index contributed by atoms with van der Waals surface area (Å²) in [4.78, 5) is 20.4. The third-order valence-corrected chi connectivity index (χ3v) is 6.84. The van der Waals surface area contributed by atoms with Gasteiger partial charge in [-0.25, -0.2) is 9.97 Å². The number of anilines is 4. The van der Waals surface area contributed by atoms with Crippen molar-refractivity contribution in [3.63, 3.8) is 0 Å². The summed E-state index contributed by atoms with van der Waals surface area (Å²) < 4.78 is 0. The molecule has 28 heavy (non-hydrogen) atoms. The molecule has 2 aromatic rings. The fourth-order valence-corrected chi connectivity index (χ4v) is 6.06. The van der Waals surface area contributed by atoms with E-state index in [1.165, 1.54) is 38.5 Å². The molecule has 4 fully saturated rings. The van der Waals surface area contributed by atoms with E-state index in [0.717, 1.165) is 29.3 Å². The first-order chi connectivity index (χ1) is 13.5. The molecule has 0 unspecified atom stereocenters. The Morgan fingerprint density at radius 2 is 1.71 bits per heavy atom. The molecular formula is C22H27N5O. The van der Waals surface area contributed by atoms with Gasteiger partial charge in [-0.15, -0.1) is 0 Å². The maximum Gasteiger partial charge on any atom is 0.159 e. The molecule has 6 rings (SSSR count). The Balaban J connectivity index is 1.39. The van der Waals surface area contributed by atoms with Crippen molar-refractivity contribution < 1.29 is 4.79 Å². The first-order valence-corrected chi connectivity index (χ1v) is 10.3. The molecule has 4 aliphatic carbocycles. The van der Waals surface area contributed by atoms with E-state index in [1.807, 2.05) is 18.2 Å². The Labute approximate surface area is 165 Å². The number of carbonyl (C=O) groups is 1. The molecule has 0 spiro atoms. The predicted molar refractivity (Wildman–Crippen MR) is 111 cm³/mol. The summed E-state index contributed by atoms with van der Waals surface area (Å²) >= 11 is 0. The lowest BCUT2D eigenvalue weighted by Gasteiger charge is -2.57. The van der Waals surface area contributed by atoms with Crippen molar-refractivity contribution in [2.45, 2.75) is 51.0 Å². The van der Waals surface area contributed by atoms with Crippen LogP contribution in [0.25, 0.3) is 0 Å². The van der Waals surface area contributed by atoms with E-state index in [-0.39, 0.29) is 11.3 Å². The van der Waals surface area contributed by atoms with Crippen molar-refractivity contribution in [3.8, 4) is 0 Å². The molecule has 1 aromatic heterocycles. The number of hydrogen-bond acceptors (Lipinski definition) is 6. The molecule has 1 aromatic carbocycles. The Bertz CT molecular complexity index is 890. The van der Waals surface area contributed by atoms with E-state index in [4.69, 9.17) is 5.73 Å². The van der Waals surface area contributed by atoms with E-state index in [9.17, 15) is 4.79 Å². The Morgan fingerprint density at radius 1 is 1.07 bits per heavy atom. The fraction of sp³-hybridized carbons (Fsp3) is 0.500. The molecule has 0 saturated heterocycles. The lowest BCUT2D eigenvalue weighted by molar-refractivity contribution is 0.0106. The highest BCUT2D eigenvalue weighted by Crippen LogP contribution is 2.56. The summed E-state index contributed by atoms with van der Waals surface area (Å²) in [6.07, 6.45) is 9.44. The van der Waals surface area contributed by atoms with Crippen LogP contribution in [-0.2, 0) is 0 Å². The topological polar surface area (TPSA) is 92.9 Å². The molecule has 6 nitrogen and oxygen atoms in total. The SMILES string of the molecule is CC(=O)c1cccc(Nc2ncnc(NC34CC5CC(CC(C5)C3)C4)c2N)c1. The summed E-state index contributed by atoms with van der Waals surface area (Å²) in [7, 11) is 0. The van der Waals surface area contributed by atoms with Gasteiger partial charge in [-0.2, -0.15) is 0 Å². The molecule has 6 heteroatoms. The third kappa shape index (κ3) is 3.11. The zero-order valence-corrected chi connectivity index (χ0v) is 16.2. The van der Waals surface area contributed by atoms with Crippen LogP contribution in [-0.4, -0.2) is 21.3 Å². The highest BCUT2D eigenvalue weighted by Gasteiger charge is 2.51. The van der Waals surface area contributed by atoms with E-state index in [0.29, 0.717) is 17.1 Å². The minimum Gasteiger partial charge on any atom is -0.393 e. The monoisotopic (exact) mass is 377 g/mol. The number of nitrogen functional groups attached to an aromatic ring is 1. The molecular weight excluding hydrogens is 350 g/mol. The highest BCUT2D eigenvalue weighted by atomic mass is 16.1. The van der Waals surface area contributed by atoms with Gasteiger partial charge in [0.15, 0.2) is 17.4 Å². The number of ketones is 1. The smallest absolute Gasteiger partial charge is 0.159 e. The summed E-state index contributed by atoms with van der Waals surface area (Å²) in [5.74, 6) is 3.89. The van der Waals surface area contributed by atoms with E-state index in [1.54, 1.807) is 19.3 Å². The van der Waals surface area contributed by atoms with Crippen LogP contribution in [0.4, 0.5) is 23.0 Å². The molecule has 4 aliphatic rings. The van der Waals surface area contributed by atoms with E-state index >= 15 is 0 Å². The average molecular weight is 377 g/mol. The second-order valence-electron chi connectivity index (χ2n) is 9.07. The standard InChI is InChI=1S/C22H27N5O/c1-13(28)17-3-2-4-18(8-17)26-20-19(23)21(25-12-24-20)27-22-9-14-5-15(10-22)7-16(6-14)11-22/h2-4,8,12,14-16H,5-7,9-11,23H2,1H3,(H2,24,25,26,27). The largest absolute Gasteiger partial charge is 0.393 e. The number of hydrogen-bond donors (Lipinski definition) is 3. The van der Waals surface area contributed by atoms with Gasteiger partial charge < -0.3 is 16.4 Å². The Kier molecular flexibility index (Phi) is 4.03. The van der Waals surface area contributed by atoms with E-state index < -0.39 is 0 Å². The molecule has 0 aliphatic heterocycles. The van der Waals surface area contributed by atoms with Crippen LogP contribution < -0.4 is 16.4 Å². The van der Waals surface area contributed by atoms with Crippen LogP contribution in [0.15, 0.2) is 30.6 Å². The number of rotatable bonds is 5. The number of carbonyl (C=O) groups excluding carboxylic acids is 1. The minimum atomic E-state index is 0.0310. The third-order valence-electron chi connectivity index (χ3n) is 6.84. The summed E-state index contributed by atoms with van der Waals surface area (Å²) in [5.41, 5.74) is 8.56. The van der Waals surface area contributed by atoms with Gasteiger partial charge in [0.05, 0.1) is 0 Å². The summed E-state index contributed by atoms with van der Waals surface area (Å²) in [5, 5.41) is 6.99. The summed E-state index contributed by atoms with van der Waals surface area (Å²) in [6.45, 7) is 1.56. The number of Topliss-reactive ketones (excluding diaryl/α,β-unsaturated/α-hetero) is 1. The molecule has 4 bridgehead atoms. The lowest BCUT2D eigenvalue weighted by Crippen LogP contribution is -2.55. The van der Waals surface area contributed by atoms with Gasteiger partial charge in [0, 0.05) is 16.8 Å². The molecule has 4 N–H and O–H groups in total. The lowest BCUT2D eigenvalue weighted by atomic mass is 9.53. The quantitative estimate of drug-likeness (QED) is 0.669. The maximum absolute atomic E-state index is 11.6. The first-order valence-electron chi connectivity index (χ1n) is 10.3. The highest BCUT2D eigenvalue weighted by molar-refractivity contribution is 5.95. The van der Waals surface area contributed by atoms with Crippen LogP contribution >= 0.6 is 0 Å². The van der Waals surface area contributed by atoms with Gasteiger partial charge in [0.2, 0.25) is 0 Å². The van der Waals surface area contributed by atoms with Gasteiger partial charge in [0.1, 0.15) is 12.0 Å². The van der Waals surface area contributed by atoms with E-state index in [2.05, 4.69) is 20.6 Å². The van der Waals surface area contributed by atoms with Crippen molar-refractivity contribution in [2.24, 2.45) is 17.8 Å². The number of nitrogens with one attached hydrogen (secondary N) is 2. The predicted octanol–water partition coefficient (Wildman–Crippen LogP) is 4.39. The van der Waals surface area contributed by atoms with Gasteiger partial charge >= 0.3 is 0 Å². The first kappa shape index (κ1) is 17.5. The Morgan fingerprint density at radius 3 is 2.36 bits per heavy atom. The van der Waals surface area contributed by atoms with Crippen LogP contribution in [0.5, 0.6) is 0 Å². The molecule has 1 heterocycles. The Hall–Kier alpha value is -2.63. The number of benzene rings is 1. The number of nitrogens with zero attached hydrogens (tertiary/aromatic N) is 2. The van der Waals surface area contributed by atoms with Crippen molar-refractivity contribution >= 4 is 28.8 Å². The zero-order chi connectivity index (χ0) is 19.3. The van der Waals surface area contributed by atoms with Gasteiger partial charge in [-0.3, -0.25) is 4.79 Å². The average Bonchev–Trinajstić information content (AvgIpc) is 2.64. The van der Waals surface area contributed by atoms with Crippen LogP contribution in [0.1, 0.15) is 55.8 Å². The van der Waals surface area contributed by atoms with Crippen molar-refractivity contribution in [3.05, 3.63) is 36.2 Å². The maximum atomic E-state index is 11.6. The normalized spacial score (nSPS) is 30.2. The molecule has 146 valence electrons. The molecule has 4 saturated carbocycles. The van der Waals surface area contributed by atoms with Gasteiger partial charge in [0.25, 0.3) is 0 Å². The molecule has 0 amide bonds. The van der Waals surface area contributed by atoms with Crippen LogP contribution in [0.3, 0.4) is 0 Å². The van der Waals surface area contributed by atoms with Gasteiger partial charge in [-0.05, 0) is 75.3 Å². The van der Waals surface area contributed by atoms with Crippen LogP contribution in [0.2, 0.25) is 0 Å². The fourth-order valence-electron chi connectivity index (χ4n) is 6.06. The van der Waals surface area contributed by atoms with Crippen LogP contribution in [0, 0.1) is 17.8 Å². The molecule has 0 radical (unpaired) electrons. The summed E-state index contributed by atoms with van der Waals surface area (Å²) in [6, 6.07) is 7.37. The second kappa shape index (κ2) is 6.47. The van der Waals surface area contributed by atoms with Gasteiger partial charge in [-0.1, -0.05) is 12.1 Å². The van der Waals surface area contributed by atoms with Crippen molar-refractivity contribution in [1.82, 2.24) is 9.97 Å². The zero-order valence-electron chi connectivity index (χ0n) is 16.2. The second-order valence-corrected chi connectivity index (χ2v) is 9.07. The van der Waals surface area contributed by atoms with Crippen molar-refractivity contribution in [1.29, 1.82) is 0 Å². The van der Waals surface area contributed by atoms with Crippen molar-refractivity contribution in [2.75, 3.05) is 16.4 Å². The number of nitrogens with two attached hydrogens (primary N) is 1. The minimum absolute atomic E-state index is 0.0310. The molecule has 0 atom stereocenters. The number of aromatic nitrogens is 2.